The average molecular weight is 390 g/mol. The number of halogens is 1. The number of ether oxygens (including phenoxy) is 3. The normalized spacial score (nSPS) is 13.7. The van der Waals surface area contributed by atoms with Crippen molar-refractivity contribution < 1.29 is 28.2 Å². The van der Waals surface area contributed by atoms with Gasteiger partial charge in [-0.1, -0.05) is 18.2 Å². The number of carbonyl (C=O) groups excluding carboxylic acids is 2. The zero-order valence-corrected chi connectivity index (χ0v) is 15.3. The number of Topliss-reactive ketones (excluding diaryl/α,β-unsaturated/α-hetero) is 1. The molecule has 29 heavy (non-hydrogen) atoms. The first kappa shape index (κ1) is 18.4. The number of fused-ring (bicyclic) bond motifs is 1. The molecule has 0 aliphatic carbocycles. The maximum absolute atomic E-state index is 13.4. The monoisotopic (exact) mass is 390 g/mol. The number of methoxy groups -OCH3 is 1. The lowest BCUT2D eigenvalue weighted by molar-refractivity contribution is 0.0734. The lowest BCUT2D eigenvalue weighted by Gasteiger charge is -2.07. The van der Waals surface area contributed by atoms with Crippen LogP contribution in [0.4, 0.5) is 4.39 Å². The van der Waals surface area contributed by atoms with Crippen molar-refractivity contribution in [2.45, 2.75) is 0 Å². The Morgan fingerprint density at radius 3 is 2.62 bits per heavy atom. The Morgan fingerprint density at radius 1 is 1.00 bits per heavy atom. The molecule has 1 aliphatic heterocycles. The maximum atomic E-state index is 13.4. The van der Waals surface area contributed by atoms with Crippen LogP contribution in [0, 0.1) is 5.82 Å². The third-order valence-electron chi connectivity index (χ3n) is 4.30. The summed E-state index contributed by atoms with van der Waals surface area (Å²) in [6.07, 6.45) is 1.47. The molecule has 3 aromatic carbocycles. The van der Waals surface area contributed by atoms with Crippen LogP contribution in [0.5, 0.6) is 17.2 Å². The standard InChI is InChI=1S/C23H15FO5/c1-27-17-7-3-5-15(12-17)23(26)28-18-8-9-19-20(13-18)29-21(22(19)25)11-14-4-2-6-16(24)10-14/h2-13H,1H3/b21-11-. The molecule has 0 saturated carbocycles. The molecule has 0 radical (unpaired) electrons. The van der Waals surface area contributed by atoms with Gasteiger partial charge in [-0.3, -0.25) is 4.79 Å². The Morgan fingerprint density at radius 2 is 1.83 bits per heavy atom. The van der Waals surface area contributed by atoms with Crippen LogP contribution in [0.3, 0.4) is 0 Å². The van der Waals surface area contributed by atoms with E-state index in [2.05, 4.69) is 0 Å². The first-order valence-corrected chi connectivity index (χ1v) is 8.73. The minimum absolute atomic E-state index is 0.0712. The van der Waals surface area contributed by atoms with Crippen LogP contribution >= 0.6 is 0 Å². The van der Waals surface area contributed by atoms with Gasteiger partial charge in [-0.2, -0.15) is 0 Å². The van der Waals surface area contributed by atoms with Crippen molar-refractivity contribution in [2.24, 2.45) is 0 Å². The molecule has 0 aromatic heterocycles. The van der Waals surface area contributed by atoms with Crippen molar-refractivity contribution in [3.63, 3.8) is 0 Å². The van der Waals surface area contributed by atoms with E-state index >= 15 is 0 Å². The third-order valence-corrected chi connectivity index (χ3v) is 4.30. The fourth-order valence-electron chi connectivity index (χ4n) is 2.89. The molecule has 6 heteroatoms. The van der Waals surface area contributed by atoms with E-state index in [9.17, 15) is 14.0 Å². The van der Waals surface area contributed by atoms with E-state index in [4.69, 9.17) is 14.2 Å². The topological polar surface area (TPSA) is 61.8 Å². The first-order valence-electron chi connectivity index (χ1n) is 8.73. The Balaban J connectivity index is 1.55. The minimum atomic E-state index is -0.566. The van der Waals surface area contributed by atoms with Gasteiger partial charge in [0.15, 0.2) is 5.76 Å². The Hall–Kier alpha value is -3.93. The highest BCUT2D eigenvalue weighted by Gasteiger charge is 2.28. The zero-order valence-electron chi connectivity index (χ0n) is 15.3. The molecule has 144 valence electrons. The molecule has 4 rings (SSSR count). The first-order chi connectivity index (χ1) is 14.0. The highest BCUT2D eigenvalue weighted by Crippen LogP contribution is 2.35. The summed E-state index contributed by atoms with van der Waals surface area (Å²) < 4.78 is 29.4. The molecular weight excluding hydrogens is 375 g/mol. The number of ketones is 1. The number of hydrogen-bond acceptors (Lipinski definition) is 5. The average Bonchev–Trinajstić information content (AvgIpc) is 3.02. The van der Waals surface area contributed by atoms with Gasteiger partial charge in [0.2, 0.25) is 5.78 Å². The molecule has 0 amide bonds. The third kappa shape index (κ3) is 3.87. The van der Waals surface area contributed by atoms with E-state index in [1.165, 1.54) is 43.5 Å². The largest absolute Gasteiger partial charge is 0.497 e. The van der Waals surface area contributed by atoms with Gasteiger partial charge < -0.3 is 14.2 Å². The highest BCUT2D eigenvalue weighted by molar-refractivity contribution is 6.14. The maximum Gasteiger partial charge on any atom is 0.343 e. The summed E-state index contributed by atoms with van der Waals surface area (Å²) in [4.78, 5) is 24.9. The summed E-state index contributed by atoms with van der Waals surface area (Å²) in [6.45, 7) is 0. The Bertz CT molecular complexity index is 1150. The number of carbonyl (C=O) groups is 2. The fourth-order valence-corrected chi connectivity index (χ4v) is 2.89. The van der Waals surface area contributed by atoms with Gasteiger partial charge >= 0.3 is 5.97 Å². The van der Waals surface area contributed by atoms with Gasteiger partial charge in [0.1, 0.15) is 23.1 Å². The van der Waals surface area contributed by atoms with Gasteiger partial charge in [0, 0.05) is 6.07 Å². The SMILES string of the molecule is COc1cccc(C(=O)Oc2ccc3c(c2)O/C(=C\c2cccc(F)c2)C3=O)c1. The fraction of sp³-hybridized carbons (Fsp3) is 0.0435. The molecule has 0 spiro atoms. The molecule has 5 nitrogen and oxygen atoms in total. The molecule has 1 heterocycles. The second-order valence-electron chi connectivity index (χ2n) is 6.27. The Labute approximate surface area is 166 Å². The van der Waals surface area contributed by atoms with Gasteiger partial charge in [-0.05, 0) is 54.1 Å². The van der Waals surface area contributed by atoms with Gasteiger partial charge in [0.05, 0.1) is 18.2 Å². The number of hydrogen-bond donors (Lipinski definition) is 0. The number of allylic oxidation sites excluding steroid dienone is 1. The quantitative estimate of drug-likeness (QED) is 0.368. The van der Waals surface area contributed by atoms with E-state index in [1.807, 2.05) is 0 Å². The lowest BCUT2D eigenvalue weighted by Crippen LogP contribution is -2.08. The molecule has 0 unspecified atom stereocenters. The predicted molar refractivity (Wildman–Crippen MR) is 104 cm³/mol. The smallest absolute Gasteiger partial charge is 0.343 e. The zero-order chi connectivity index (χ0) is 20.4. The van der Waals surface area contributed by atoms with Gasteiger partial charge in [-0.15, -0.1) is 0 Å². The van der Waals surface area contributed by atoms with Crippen LogP contribution in [0.2, 0.25) is 0 Å². The van der Waals surface area contributed by atoms with E-state index in [0.29, 0.717) is 22.4 Å². The summed E-state index contributed by atoms with van der Waals surface area (Å²) in [5, 5.41) is 0. The summed E-state index contributed by atoms with van der Waals surface area (Å²) >= 11 is 0. The predicted octanol–water partition coefficient (Wildman–Crippen LogP) is 4.67. The summed E-state index contributed by atoms with van der Waals surface area (Å²) in [6, 6.07) is 16.9. The van der Waals surface area contributed by atoms with Crippen LogP contribution in [0.25, 0.3) is 6.08 Å². The van der Waals surface area contributed by atoms with Gasteiger partial charge in [0.25, 0.3) is 0 Å². The van der Waals surface area contributed by atoms with Crippen molar-refractivity contribution in [1.29, 1.82) is 0 Å². The molecule has 0 N–H and O–H groups in total. The molecule has 0 saturated heterocycles. The molecular formula is C23H15FO5. The van der Waals surface area contributed by atoms with Crippen molar-refractivity contribution in [1.82, 2.24) is 0 Å². The molecule has 1 aliphatic rings. The van der Waals surface area contributed by atoms with Crippen LogP contribution in [-0.2, 0) is 0 Å². The molecule has 3 aromatic rings. The van der Waals surface area contributed by atoms with Crippen LogP contribution in [0.1, 0.15) is 26.3 Å². The van der Waals surface area contributed by atoms with E-state index < -0.39 is 11.8 Å². The second kappa shape index (κ2) is 7.59. The van der Waals surface area contributed by atoms with Crippen molar-refractivity contribution >= 4 is 17.8 Å². The van der Waals surface area contributed by atoms with Crippen LogP contribution in [-0.4, -0.2) is 18.9 Å². The molecule has 0 fully saturated rings. The molecule has 0 atom stereocenters. The highest BCUT2D eigenvalue weighted by atomic mass is 19.1. The van der Waals surface area contributed by atoms with E-state index in [0.717, 1.165) is 0 Å². The minimum Gasteiger partial charge on any atom is -0.497 e. The van der Waals surface area contributed by atoms with E-state index in [-0.39, 0.29) is 23.0 Å². The van der Waals surface area contributed by atoms with Crippen molar-refractivity contribution in [3.05, 3.63) is 95.0 Å². The second-order valence-corrected chi connectivity index (χ2v) is 6.27. The number of rotatable bonds is 4. The van der Waals surface area contributed by atoms with Crippen molar-refractivity contribution in [3.8, 4) is 17.2 Å². The number of benzene rings is 3. The van der Waals surface area contributed by atoms with E-state index in [1.54, 1.807) is 36.4 Å². The molecule has 0 bridgehead atoms. The Kier molecular flexibility index (Phi) is 4.83. The van der Waals surface area contributed by atoms with Crippen LogP contribution < -0.4 is 14.2 Å². The number of esters is 1. The summed E-state index contributed by atoms with van der Waals surface area (Å²) in [5.74, 6) is -0.186. The summed E-state index contributed by atoms with van der Waals surface area (Å²) in [5.41, 5.74) is 1.17. The van der Waals surface area contributed by atoms with Crippen LogP contribution in [0.15, 0.2) is 72.5 Å². The van der Waals surface area contributed by atoms with Crippen molar-refractivity contribution in [2.75, 3.05) is 7.11 Å². The summed E-state index contributed by atoms with van der Waals surface area (Å²) in [7, 11) is 1.51. The lowest BCUT2D eigenvalue weighted by atomic mass is 10.1. The van der Waals surface area contributed by atoms with Gasteiger partial charge in [-0.25, -0.2) is 9.18 Å².